The first kappa shape index (κ1) is 11.2. The van der Waals surface area contributed by atoms with Crippen LogP contribution in [-0.2, 0) is 0 Å². The Morgan fingerprint density at radius 2 is 2.00 bits per heavy atom. The van der Waals surface area contributed by atoms with Crippen LogP contribution in [0.4, 0.5) is 18.9 Å². The number of benzene rings is 1. The zero-order chi connectivity index (χ0) is 11.6. The lowest BCUT2D eigenvalue weighted by molar-refractivity contribution is -0.274. The molecule has 0 aliphatic rings. The minimum atomic E-state index is -4.95. The molecule has 4 nitrogen and oxygen atoms in total. The normalized spacial score (nSPS) is 11.1. The highest BCUT2D eigenvalue weighted by Crippen LogP contribution is 2.29. The Hall–Kier alpha value is -1.92. The monoisotopic (exact) mass is 221 g/mol. The summed E-state index contributed by atoms with van der Waals surface area (Å²) < 4.78 is 39.1. The van der Waals surface area contributed by atoms with Crippen molar-refractivity contribution in [3.05, 3.63) is 23.8 Å². The third-order valence-corrected chi connectivity index (χ3v) is 1.50. The van der Waals surface area contributed by atoms with Crippen molar-refractivity contribution in [2.75, 3.05) is 5.73 Å². The fourth-order valence-electron chi connectivity index (χ4n) is 0.987. The molecule has 0 aliphatic heterocycles. The molecule has 1 aromatic rings. The van der Waals surface area contributed by atoms with Gasteiger partial charge in [-0.05, 0) is 12.1 Å². The third kappa shape index (κ3) is 2.76. The predicted octanol–water partition coefficient (Wildman–Crippen LogP) is 1.87. The lowest BCUT2D eigenvalue weighted by Crippen LogP contribution is -2.19. The van der Waals surface area contributed by atoms with E-state index in [0.29, 0.717) is 0 Å². The fraction of sp³-hybridized carbons (Fsp3) is 0.125. The summed E-state index contributed by atoms with van der Waals surface area (Å²) in [6, 6.07) is 3.23. The van der Waals surface area contributed by atoms with Crippen molar-refractivity contribution >= 4 is 11.7 Å². The van der Waals surface area contributed by atoms with Crippen LogP contribution in [0.2, 0.25) is 0 Å². The van der Waals surface area contributed by atoms with E-state index in [-0.39, 0.29) is 5.69 Å². The van der Waals surface area contributed by atoms with E-state index < -0.39 is 23.6 Å². The van der Waals surface area contributed by atoms with Gasteiger partial charge in [0.05, 0.1) is 0 Å². The number of carboxylic acids is 1. The van der Waals surface area contributed by atoms with E-state index in [1.165, 1.54) is 12.1 Å². The Morgan fingerprint density at radius 3 is 2.47 bits per heavy atom. The van der Waals surface area contributed by atoms with Crippen LogP contribution in [-0.4, -0.2) is 17.4 Å². The van der Waals surface area contributed by atoms with Crippen molar-refractivity contribution < 1.29 is 27.8 Å². The maximum atomic E-state index is 11.9. The molecule has 0 bridgehead atoms. The standard InChI is InChI=1S/C8H6F3NO3/c9-8(10,11)15-5-3-1-2-4(12)6(5)7(13)14/h1-3H,12H2,(H,13,14). The third-order valence-electron chi connectivity index (χ3n) is 1.50. The Kier molecular flexibility index (Phi) is 2.74. The second kappa shape index (κ2) is 3.68. The van der Waals surface area contributed by atoms with Crippen LogP contribution in [0.1, 0.15) is 10.4 Å². The molecule has 82 valence electrons. The van der Waals surface area contributed by atoms with Gasteiger partial charge in [-0.25, -0.2) is 4.79 Å². The van der Waals surface area contributed by atoms with Crippen LogP contribution >= 0.6 is 0 Å². The summed E-state index contributed by atoms with van der Waals surface area (Å²) in [7, 11) is 0. The molecule has 0 saturated carbocycles. The number of nitrogens with two attached hydrogens (primary N) is 1. The van der Waals surface area contributed by atoms with Crippen molar-refractivity contribution in [3.8, 4) is 5.75 Å². The summed E-state index contributed by atoms with van der Waals surface area (Å²) in [5.74, 6) is -2.40. The Bertz CT molecular complexity index is 389. The molecule has 0 heterocycles. The molecule has 1 rings (SSSR count). The van der Waals surface area contributed by atoms with Crippen LogP contribution < -0.4 is 10.5 Å². The minimum Gasteiger partial charge on any atom is -0.477 e. The zero-order valence-corrected chi connectivity index (χ0v) is 7.21. The number of nitrogen functional groups attached to an aromatic ring is 1. The molecule has 0 atom stereocenters. The molecule has 0 amide bonds. The number of alkyl halides is 3. The lowest BCUT2D eigenvalue weighted by Gasteiger charge is -2.12. The largest absolute Gasteiger partial charge is 0.573 e. The molecule has 0 spiro atoms. The second-order valence-electron chi connectivity index (χ2n) is 2.57. The average Bonchev–Trinajstić information content (AvgIpc) is 1.99. The molecule has 0 radical (unpaired) electrons. The van der Waals surface area contributed by atoms with Crippen molar-refractivity contribution in [3.63, 3.8) is 0 Å². The zero-order valence-electron chi connectivity index (χ0n) is 7.21. The number of carbonyl (C=O) groups is 1. The number of ether oxygens (including phenoxy) is 1. The average molecular weight is 221 g/mol. The van der Waals surface area contributed by atoms with E-state index in [0.717, 1.165) is 6.07 Å². The first-order valence-electron chi connectivity index (χ1n) is 3.69. The fourth-order valence-corrected chi connectivity index (χ4v) is 0.987. The Balaban J connectivity index is 3.18. The summed E-state index contributed by atoms with van der Waals surface area (Å²) >= 11 is 0. The Morgan fingerprint density at radius 1 is 1.40 bits per heavy atom. The molecule has 0 saturated heterocycles. The first-order valence-corrected chi connectivity index (χ1v) is 3.69. The van der Waals surface area contributed by atoms with E-state index in [2.05, 4.69) is 4.74 Å². The molecule has 0 fully saturated rings. The number of halogens is 3. The van der Waals surface area contributed by atoms with Crippen molar-refractivity contribution in [2.24, 2.45) is 0 Å². The molecule has 15 heavy (non-hydrogen) atoms. The SMILES string of the molecule is Nc1cccc(OC(F)(F)F)c1C(=O)O. The number of carboxylic acid groups (broad SMARTS) is 1. The highest BCUT2D eigenvalue weighted by Gasteiger charge is 2.33. The van der Waals surface area contributed by atoms with Crippen molar-refractivity contribution in [1.29, 1.82) is 0 Å². The van der Waals surface area contributed by atoms with E-state index in [1.54, 1.807) is 0 Å². The van der Waals surface area contributed by atoms with Crippen molar-refractivity contribution in [2.45, 2.75) is 6.36 Å². The number of hydrogen-bond acceptors (Lipinski definition) is 3. The second-order valence-corrected chi connectivity index (χ2v) is 2.57. The summed E-state index contributed by atoms with van der Waals surface area (Å²) in [5.41, 5.74) is 4.23. The van der Waals surface area contributed by atoms with Gasteiger partial charge in [-0.3, -0.25) is 0 Å². The lowest BCUT2D eigenvalue weighted by atomic mass is 10.1. The van der Waals surface area contributed by atoms with Gasteiger partial charge in [0.2, 0.25) is 0 Å². The van der Waals surface area contributed by atoms with Crippen molar-refractivity contribution in [1.82, 2.24) is 0 Å². The van der Waals surface area contributed by atoms with E-state index in [4.69, 9.17) is 10.8 Å². The predicted molar refractivity (Wildman–Crippen MR) is 44.5 cm³/mol. The van der Waals surface area contributed by atoms with E-state index >= 15 is 0 Å². The van der Waals surface area contributed by atoms with Gasteiger partial charge in [0.25, 0.3) is 0 Å². The van der Waals surface area contributed by atoms with E-state index in [9.17, 15) is 18.0 Å². The maximum absolute atomic E-state index is 11.9. The van der Waals surface area contributed by atoms with Gasteiger partial charge in [-0.1, -0.05) is 6.07 Å². The molecule has 0 unspecified atom stereocenters. The van der Waals surface area contributed by atoms with Crippen LogP contribution in [0.5, 0.6) is 5.75 Å². The molecule has 7 heteroatoms. The summed E-state index contributed by atoms with van der Waals surface area (Å²) in [5, 5.41) is 8.62. The number of hydrogen-bond donors (Lipinski definition) is 2. The maximum Gasteiger partial charge on any atom is 0.573 e. The number of rotatable bonds is 2. The topological polar surface area (TPSA) is 72.5 Å². The highest BCUT2D eigenvalue weighted by atomic mass is 19.4. The van der Waals surface area contributed by atoms with Gasteiger partial charge < -0.3 is 15.6 Å². The first-order chi connectivity index (χ1) is 6.81. The quantitative estimate of drug-likeness (QED) is 0.747. The molecule has 3 N–H and O–H groups in total. The molecule has 0 aromatic heterocycles. The summed E-state index contributed by atoms with van der Waals surface area (Å²) in [6.07, 6.45) is -4.95. The minimum absolute atomic E-state index is 0.288. The van der Waals surface area contributed by atoms with Gasteiger partial charge in [0.15, 0.2) is 0 Å². The number of anilines is 1. The van der Waals surface area contributed by atoms with Gasteiger partial charge in [0, 0.05) is 5.69 Å². The van der Waals surface area contributed by atoms with Crippen LogP contribution in [0.25, 0.3) is 0 Å². The van der Waals surface area contributed by atoms with Crippen LogP contribution in [0.15, 0.2) is 18.2 Å². The number of aromatic carboxylic acids is 1. The highest BCUT2D eigenvalue weighted by molar-refractivity contribution is 5.96. The van der Waals surface area contributed by atoms with Gasteiger partial charge >= 0.3 is 12.3 Å². The van der Waals surface area contributed by atoms with Crippen LogP contribution in [0, 0.1) is 0 Å². The van der Waals surface area contributed by atoms with Gasteiger partial charge in [0.1, 0.15) is 11.3 Å². The molecular weight excluding hydrogens is 215 g/mol. The van der Waals surface area contributed by atoms with Crippen LogP contribution in [0.3, 0.4) is 0 Å². The van der Waals surface area contributed by atoms with Gasteiger partial charge in [-0.15, -0.1) is 13.2 Å². The van der Waals surface area contributed by atoms with E-state index in [1.807, 2.05) is 0 Å². The summed E-state index contributed by atoms with van der Waals surface area (Å²) in [6.45, 7) is 0. The molecule has 0 aliphatic carbocycles. The molecule has 1 aromatic carbocycles. The van der Waals surface area contributed by atoms with Gasteiger partial charge in [-0.2, -0.15) is 0 Å². The smallest absolute Gasteiger partial charge is 0.477 e. The summed E-state index contributed by atoms with van der Waals surface area (Å²) in [4.78, 5) is 10.6. The molecular formula is C8H6F3NO3. The Labute approximate surface area is 82.1 Å².